The summed E-state index contributed by atoms with van der Waals surface area (Å²) in [5.74, 6) is 0.670. The number of rotatable bonds is 3. The fraction of sp³-hybridized carbons (Fsp3) is 0.158. The Morgan fingerprint density at radius 1 is 1.12 bits per heavy atom. The highest BCUT2D eigenvalue weighted by Gasteiger charge is 2.33. The van der Waals surface area contributed by atoms with Crippen molar-refractivity contribution < 1.29 is 9.21 Å². The van der Waals surface area contributed by atoms with Crippen LogP contribution < -0.4 is 0 Å². The molecule has 1 aliphatic rings. The van der Waals surface area contributed by atoms with Crippen molar-refractivity contribution in [1.82, 2.24) is 9.58 Å². The predicted molar refractivity (Wildman–Crippen MR) is 90.9 cm³/mol. The molecule has 120 valence electrons. The lowest BCUT2D eigenvalue weighted by Crippen LogP contribution is -2.23. The molecule has 0 radical (unpaired) electrons. The molecule has 1 amide bonds. The molecule has 24 heavy (non-hydrogen) atoms. The number of carbonyl (C=O) groups is 1. The van der Waals surface area contributed by atoms with Crippen LogP contribution in [0.25, 0.3) is 5.69 Å². The summed E-state index contributed by atoms with van der Waals surface area (Å²) in [7, 11) is 0. The molecule has 0 spiro atoms. The van der Waals surface area contributed by atoms with Crippen LogP contribution in [0.15, 0.2) is 76.7 Å². The maximum atomic E-state index is 11.9. The molecule has 4 rings (SSSR count). The van der Waals surface area contributed by atoms with Crippen molar-refractivity contribution in [3.8, 4) is 5.69 Å². The molecule has 0 saturated heterocycles. The summed E-state index contributed by atoms with van der Waals surface area (Å²) >= 11 is 0. The first-order chi connectivity index (χ1) is 11.7. The molecule has 1 aliphatic heterocycles. The fourth-order valence-electron chi connectivity index (χ4n) is 3.01. The van der Waals surface area contributed by atoms with Gasteiger partial charge >= 0.3 is 0 Å². The highest BCUT2D eigenvalue weighted by atomic mass is 16.3. The van der Waals surface area contributed by atoms with E-state index in [0.717, 1.165) is 22.7 Å². The van der Waals surface area contributed by atoms with E-state index < -0.39 is 0 Å². The Balaban J connectivity index is 1.62. The predicted octanol–water partition coefficient (Wildman–Crippen LogP) is 3.77. The number of hydrogen-bond donors (Lipinski definition) is 0. The zero-order valence-corrected chi connectivity index (χ0v) is 13.3. The van der Waals surface area contributed by atoms with E-state index in [0.29, 0.717) is 6.42 Å². The van der Waals surface area contributed by atoms with Gasteiger partial charge in [-0.1, -0.05) is 12.1 Å². The van der Waals surface area contributed by atoms with Crippen molar-refractivity contribution in [2.75, 3.05) is 0 Å². The number of hydrazone groups is 1. The van der Waals surface area contributed by atoms with Crippen LogP contribution in [0, 0.1) is 0 Å². The van der Waals surface area contributed by atoms with E-state index in [-0.39, 0.29) is 11.9 Å². The smallest absolute Gasteiger partial charge is 0.240 e. The van der Waals surface area contributed by atoms with Crippen molar-refractivity contribution in [1.29, 1.82) is 0 Å². The van der Waals surface area contributed by atoms with Crippen molar-refractivity contribution >= 4 is 11.6 Å². The van der Waals surface area contributed by atoms with Gasteiger partial charge in [-0.25, -0.2) is 5.01 Å². The maximum absolute atomic E-state index is 11.9. The van der Waals surface area contributed by atoms with Gasteiger partial charge in [-0.15, -0.1) is 0 Å². The Hall–Kier alpha value is -3.08. The average Bonchev–Trinajstić information content (AvgIpc) is 3.34. The number of aromatic nitrogens is 1. The number of furan rings is 1. The number of nitrogens with zero attached hydrogens (tertiary/aromatic N) is 3. The molecule has 0 fully saturated rings. The van der Waals surface area contributed by atoms with Crippen LogP contribution >= 0.6 is 0 Å². The van der Waals surface area contributed by atoms with Crippen LogP contribution in [0.5, 0.6) is 0 Å². The lowest BCUT2D eigenvalue weighted by atomic mass is 10.0. The molecule has 1 unspecified atom stereocenters. The minimum absolute atomic E-state index is 0.0876. The van der Waals surface area contributed by atoms with E-state index in [1.807, 2.05) is 53.4 Å². The molecular weight excluding hydrogens is 302 g/mol. The number of benzene rings is 1. The molecule has 0 N–H and O–H groups in total. The van der Waals surface area contributed by atoms with Gasteiger partial charge in [-0.05, 0) is 42.0 Å². The highest BCUT2D eigenvalue weighted by Crippen LogP contribution is 2.33. The quantitative estimate of drug-likeness (QED) is 0.738. The van der Waals surface area contributed by atoms with Gasteiger partial charge in [0.25, 0.3) is 0 Å². The lowest BCUT2D eigenvalue weighted by Gasteiger charge is -2.17. The molecule has 0 aliphatic carbocycles. The van der Waals surface area contributed by atoms with Crippen molar-refractivity contribution in [3.63, 3.8) is 0 Å². The number of carbonyl (C=O) groups excluding carboxylic acids is 1. The van der Waals surface area contributed by atoms with Crippen molar-refractivity contribution in [2.24, 2.45) is 5.10 Å². The third kappa shape index (κ3) is 2.54. The molecule has 2 aromatic heterocycles. The number of amides is 1. The SMILES string of the molecule is CC(=O)N1N=C(c2ccc(-n3cccc3)cc2)CC1c1ccco1. The Kier molecular flexibility index (Phi) is 3.54. The maximum Gasteiger partial charge on any atom is 0.240 e. The standard InChI is InChI=1S/C19H17N3O2/c1-14(23)22-18(19-5-4-12-24-19)13-17(20-22)15-6-8-16(9-7-15)21-10-2-3-11-21/h2-12,18H,13H2,1H3. The van der Waals surface area contributed by atoms with Gasteiger partial charge < -0.3 is 8.98 Å². The zero-order chi connectivity index (χ0) is 16.5. The molecular formula is C19H17N3O2. The van der Waals surface area contributed by atoms with Crippen LogP contribution in [0.3, 0.4) is 0 Å². The number of hydrogen-bond acceptors (Lipinski definition) is 3. The molecule has 5 heteroatoms. The van der Waals surface area contributed by atoms with Crippen molar-refractivity contribution in [2.45, 2.75) is 19.4 Å². The first-order valence-electron chi connectivity index (χ1n) is 7.87. The summed E-state index contributed by atoms with van der Waals surface area (Å²) in [5.41, 5.74) is 3.00. The van der Waals surface area contributed by atoms with Gasteiger partial charge in [0.2, 0.25) is 5.91 Å². The Bertz CT molecular complexity index is 862. The van der Waals surface area contributed by atoms with E-state index in [1.54, 1.807) is 6.26 Å². The minimum Gasteiger partial charge on any atom is -0.467 e. The topological polar surface area (TPSA) is 50.7 Å². The van der Waals surface area contributed by atoms with Gasteiger partial charge in [-0.3, -0.25) is 4.79 Å². The third-order valence-corrected chi connectivity index (χ3v) is 4.21. The first kappa shape index (κ1) is 14.5. The Morgan fingerprint density at radius 2 is 1.88 bits per heavy atom. The minimum atomic E-state index is -0.170. The first-order valence-corrected chi connectivity index (χ1v) is 7.87. The molecule has 0 bridgehead atoms. The van der Waals surface area contributed by atoms with E-state index in [4.69, 9.17) is 4.42 Å². The summed E-state index contributed by atoms with van der Waals surface area (Å²) in [6, 6.07) is 15.7. The third-order valence-electron chi connectivity index (χ3n) is 4.21. The summed E-state index contributed by atoms with van der Waals surface area (Å²) in [4.78, 5) is 11.9. The molecule has 3 aromatic rings. The average molecular weight is 319 g/mol. The van der Waals surface area contributed by atoms with Crippen LogP contribution in [0.4, 0.5) is 0 Å². The lowest BCUT2D eigenvalue weighted by molar-refractivity contribution is -0.130. The summed E-state index contributed by atoms with van der Waals surface area (Å²) in [6.07, 6.45) is 6.28. The van der Waals surface area contributed by atoms with E-state index in [1.165, 1.54) is 11.9 Å². The van der Waals surface area contributed by atoms with Crippen molar-refractivity contribution in [3.05, 3.63) is 78.5 Å². The van der Waals surface area contributed by atoms with Gasteiger partial charge in [-0.2, -0.15) is 5.10 Å². The normalized spacial score (nSPS) is 17.1. The summed E-state index contributed by atoms with van der Waals surface area (Å²) in [6.45, 7) is 1.53. The van der Waals surface area contributed by atoms with Gasteiger partial charge in [0.15, 0.2) is 0 Å². The Labute approximate surface area is 139 Å². The molecule has 1 atom stereocenters. The zero-order valence-electron chi connectivity index (χ0n) is 13.3. The molecule has 5 nitrogen and oxygen atoms in total. The van der Waals surface area contributed by atoms with E-state index in [2.05, 4.69) is 17.2 Å². The summed E-state index contributed by atoms with van der Waals surface area (Å²) in [5, 5.41) is 6.03. The van der Waals surface area contributed by atoms with Gasteiger partial charge in [0.05, 0.1) is 12.0 Å². The highest BCUT2D eigenvalue weighted by molar-refractivity contribution is 6.03. The molecule has 1 aromatic carbocycles. The second-order valence-electron chi connectivity index (χ2n) is 5.78. The monoisotopic (exact) mass is 319 g/mol. The molecule has 3 heterocycles. The van der Waals surface area contributed by atoms with E-state index >= 15 is 0 Å². The van der Waals surface area contributed by atoms with Crippen LogP contribution in [0.1, 0.15) is 30.7 Å². The Morgan fingerprint density at radius 3 is 2.50 bits per heavy atom. The van der Waals surface area contributed by atoms with E-state index in [9.17, 15) is 4.79 Å². The van der Waals surface area contributed by atoms with Crippen LogP contribution in [-0.4, -0.2) is 21.2 Å². The second-order valence-corrected chi connectivity index (χ2v) is 5.78. The fourth-order valence-corrected chi connectivity index (χ4v) is 3.01. The second kappa shape index (κ2) is 5.85. The van der Waals surface area contributed by atoms with Gasteiger partial charge in [0, 0.05) is 31.4 Å². The van der Waals surface area contributed by atoms with Gasteiger partial charge in [0.1, 0.15) is 11.8 Å². The van der Waals surface area contributed by atoms with Crippen LogP contribution in [0.2, 0.25) is 0 Å². The largest absolute Gasteiger partial charge is 0.467 e. The molecule has 0 saturated carbocycles. The van der Waals surface area contributed by atoms with Crippen LogP contribution in [-0.2, 0) is 4.79 Å². The summed E-state index contributed by atoms with van der Waals surface area (Å²) < 4.78 is 7.53.